The van der Waals surface area contributed by atoms with Crippen LogP contribution < -0.4 is 10.6 Å². The smallest absolute Gasteiger partial charge is 0.407 e. The molecule has 2 amide bonds. The van der Waals surface area contributed by atoms with Crippen molar-refractivity contribution >= 4 is 18.0 Å². The number of benzene rings is 2. The number of carbonyl (C=O) groups is 3. The molecule has 4 rings (SSSR count). The SMILES string of the molecule is CC(C)[C@H](CC(=O)NCc1ocnc1C(=O)O)NC(=O)OCC1c2ccccc2-c2ccccc21. The summed E-state index contributed by atoms with van der Waals surface area (Å²) in [6.07, 6.45) is 0.417. The molecule has 35 heavy (non-hydrogen) atoms. The number of carboxylic acid groups (broad SMARTS) is 1. The van der Waals surface area contributed by atoms with E-state index in [0.717, 1.165) is 28.6 Å². The lowest BCUT2D eigenvalue weighted by Gasteiger charge is -2.22. The molecule has 0 unspecified atom stereocenters. The van der Waals surface area contributed by atoms with Gasteiger partial charge in [0.15, 0.2) is 17.8 Å². The van der Waals surface area contributed by atoms with Gasteiger partial charge in [-0.2, -0.15) is 0 Å². The lowest BCUT2D eigenvalue weighted by molar-refractivity contribution is -0.122. The number of oxazole rings is 1. The summed E-state index contributed by atoms with van der Waals surface area (Å²) in [4.78, 5) is 39.8. The van der Waals surface area contributed by atoms with Crippen LogP contribution in [0.25, 0.3) is 11.1 Å². The number of nitrogens with zero attached hydrogens (tertiary/aromatic N) is 1. The highest BCUT2D eigenvalue weighted by Crippen LogP contribution is 2.44. The Labute approximate surface area is 202 Å². The van der Waals surface area contributed by atoms with Gasteiger partial charge in [0.25, 0.3) is 0 Å². The number of aromatic nitrogens is 1. The molecule has 1 atom stereocenters. The van der Waals surface area contributed by atoms with E-state index >= 15 is 0 Å². The predicted octanol–water partition coefficient (Wildman–Crippen LogP) is 3.94. The molecule has 2 aromatic carbocycles. The van der Waals surface area contributed by atoms with Gasteiger partial charge in [0.1, 0.15) is 6.61 Å². The number of alkyl carbamates (subject to hydrolysis) is 1. The molecule has 0 aliphatic heterocycles. The molecule has 0 bridgehead atoms. The largest absolute Gasteiger partial charge is 0.476 e. The first kappa shape index (κ1) is 24.0. The summed E-state index contributed by atoms with van der Waals surface area (Å²) in [5, 5.41) is 14.5. The highest BCUT2D eigenvalue weighted by atomic mass is 16.5. The van der Waals surface area contributed by atoms with Gasteiger partial charge in [-0.1, -0.05) is 62.4 Å². The van der Waals surface area contributed by atoms with Crippen molar-refractivity contribution < 1.29 is 28.6 Å². The molecule has 1 aromatic heterocycles. The molecule has 0 fully saturated rings. The van der Waals surface area contributed by atoms with E-state index in [-0.39, 0.29) is 48.8 Å². The number of aromatic carboxylic acids is 1. The maximum atomic E-state index is 12.6. The van der Waals surface area contributed by atoms with E-state index in [1.54, 1.807) is 0 Å². The number of fused-ring (bicyclic) bond motifs is 3. The fourth-order valence-electron chi connectivity index (χ4n) is 4.27. The summed E-state index contributed by atoms with van der Waals surface area (Å²) in [6, 6.07) is 15.7. The molecule has 0 spiro atoms. The number of hydrogen-bond donors (Lipinski definition) is 3. The third-order valence-corrected chi connectivity index (χ3v) is 6.15. The van der Waals surface area contributed by atoms with Crippen molar-refractivity contribution in [3.05, 3.63) is 77.5 Å². The van der Waals surface area contributed by atoms with E-state index < -0.39 is 18.1 Å². The van der Waals surface area contributed by atoms with Crippen molar-refractivity contribution in [2.24, 2.45) is 5.92 Å². The van der Waals surface area contributed by atoms with Gasteiger partial charge in [-0.15, -0.1) is 0 Å². The predicted molar refractivity (Wildman–Crippen MR) is 127 cm³/mol. The normalized spacial score (nSPS) is 13.1. The van der Waals surface area contributed by atoms with Gasteiger partial charge >= 0.3 is 12.1 Å². The van der Waals surface area contributed by atoms with Crippen LogP contribution in [-0.4, -0.2) is 40.7 Å². The van der Waals surface area contributed by atoms with Crippen molar-refractivity contribution in [3.63, 3.8) is 0 Å². The molecule has 9 heteroatoms. The zero-order valence-electron chi connectivity index (χ0n) is 19.5. The molecule has 1 aliphatic carbocycles. The van der Waals surface area contributed by atoms with Gasteiger partial charge in [-0.25, -0.2) is 14.6 Å². The average molecular weight is 478 g/mol. The first-order chi connectivity index (χ1) is 16.8. The molecule has 182 valence electrons. The van der Waals surface area contributed by atoms with Crippen molar-refractivity contribution in [1.29, 1.82) is 0 Å². The number of ether oxygens (including phenoxy) is 1. The average Bonchev–Trinajstić information content (AvgIpc) is 3.44. The Bertz CT molecular complexity index is 1190. The minimum absolute atomic E-state index is 0.00158. The summed E-state index contributed by atoms with van der Waals surface area (Å²) in [5.74, 6) is -1.65. The molecule has 0 saturated heterocycles. The summed E-state index contributed by atoms with van der Waals surface area (Å²) in [7, 11) is 0. The molecule has 3 aromatic rings. The molecule has 0 radical (unpaired) electrons. The van der Waals surface area contributed by atoms with Crippen LogP contribution in [0.15, 0.2) is 59.3 Å². The molecular weight excluding hydrogens is 450 g/mol. The number of rotatable bonds is 9. The lowest BCUT2D eigenvalue weighted by atomic mass is 9.98. The number of amides is 2. The molecule has 1 heterocycles. The van der Waals surface area contributed by atoms with E-state index in [2.05, 4.69) is 27.8 Å². The van der Waals surface area contributed by atoms with Gasteiger partial charge in [-0.3, -0.25) is 4.79 Å². The van der Waals surface area contributed by atoms with Crippen LogP contribution in [0.1, 0.15) is 53.6 Å². The minimum atomic E-state index is -1.24. The Morgan fingerprint density at radius 3 is 2.29 bits per heavy atom. The number of carbonyl (C=O) groups excluding carboxylic acids is 2. The number of carboxylic acids is 1. The molecular formula is C26H27N3O6. The summed E-state index contributed by atoms with van der Waals surface area (Å²) >= 11 is 0. The summed E-state index contributed by atoms with van der Waals surface area (Å²) < 4.78 is 10.6. The molecule has 0 saturated carbocycles. The second kappa shape index (κ2) is 10.4. The van der Waals surface area contributed by atoms with E-state index in [9.17, 15) is 14.4 Å². The van der Waals surface area contributed by atoms with Gasteiger partial charge in [0, 0.05) is 18.4 Å². The second-order valence-electron chi connectivity index (χ2n) is 8.73. The van der Waals surface area contributed by atoms with Crippen LogP contribution in [0.4, 0.5) is 4.79 Å². The standard InChI is InChI=1S/C26H27N3O6/c1-15(2)21(11-23(30)27-12-22-24(25(31)32)28-14-35-22)29-26(33)34-13-20-18-9-5-3-7-16(18)17-8-4-6-10-19(17)20/h3-10,14-15,20-21H,11-13H2,1-2H3,(H,27,30)(H,29,33)(H,31,32)/t21-/m0/s1. The second-order valence-corrected chi connectivity index (χ2v) is 8.73. The number of hydrogen-bond acceptors (Lipinski definition) is 6. The van der Waals surface area contributed by atoms with Crippen LogP contribution in [0, 0.1) is 5.92 Å². The fourth-order valence-corrected chi connectivity index (χ4v) is 4.27. The van der Waals surface area contributed by atoms with Crippen molar-refractivity contribution in [3.8, 4) is 11.1 Å². The van der Waals surface area contributed by atoms with Crippen molar-refractivity contribution in [2.45, 2.75) is 38.8 Å². The topological polar surface area (TPSA) is 131 Å². The Kier molecular flexibility index (Phi) is 7.14. The molecule has 1 aliphatic rings. The summed E-state index contributed by atoms with van der Waals surface area (Å²) in [5.41, 5.74) is 4.28. The summed E-state index contributed by atoms with van der Waals surface area (Å²) in [6.45, 7) is 3.85. The maximum absolute atomic E-state index is 12.6. The Hall–Kier alpha value is -4.14. The van der Waals surface area contributed by atoms with Gasteiger partial charge in [0.05, 0.1) is 6.54 Å². The Morgan fingerprint density at radius 2 is 1.69 bits per heavy atom. The first-order valence-electron chi connectivity index (χ1n) is 11.4. The van der Waals surface area contributed by atoms with Crippen molar-refractivity contribution in [2.75, 3.05) is 6.61 Å². The fraction of sp³-hybridized carbons (Fsp3) is 0.308. The van der Waals surface area contributed by atoms with Gasteiger partial charge in [-0.05, 0) is 28.2 Å². The zero-order chi connectivity index (χ0) is 24.9. The van der Waals surface area contributed by atoms with Crippen LogP contribution >= 0.6 is 0 Å². The Balaban J connectivity index is 1.33. The van der Waals surface area contributed by atoms with Crippen LogP contribution in [-0.2, 0) is 16.1 Å². The zero-order valence-corrected chi connectivity index (χ0v) is 19.5. The third kappa shape index (κ3) is 5.34. The third-order valence-electron chi connectivity index (χ3n) is 6.15. The molecule has 3 N–H and O–H groups in total. The van der Waals surface area contributed by atoms with E-state index in [1.807, 2.05) is 50.2 Å². The van der Waals surface area contributed by atoms with Gasteiger partial charge < -0.3 is 24.9 Å². The lowest BCUT2D eigenvalue weighted by Crippen LogP contribution is -2.42. The minimum Gasteiger partial charge on any atom is -0.476 e. The maximum Gasteiger partial charge on any atom is 0.407 e. The quantitative estimate of drug-likeness (QED) is 0.425. The highest BCUT2D eigenvalue weighted by Gasteiger charge is 2.29. The van der Waals surface area contributed by atoms with Gasteiger partial charge in [0.2, 0.25) is 5.91 Å². The number of nitrogens with one attached hydrogen (secondary N) is 2. The Morgan fingerprint density at radius 1 is 1.06 bits per heavy atom. The van der Waals surface area contributed by atoms with Crippen LogP contribution in [0.3, 0.4) is 0 Å². The molecule has 9 nitrogen and oxygen atoms in total. The van der Waals surface area contributed by atoms with E-state index in [4.69, 9.17) is 14.3 Å². The highest BCUT2D eigenvalue weighted by molar-refractivity contribution is 5.86. The van der Waals surface area contributed by atoms with Crippen LogP contribution in [0.5, 0.6) is 0 Å². The van der Waals surface area contributed by atoms with Crippen LogP contribution in [0.2, 0.25) is 0 Å². The van der Waals surface area contributed by atoms with Crippen molar-refractivity contribution in [1.82, 2.24) is 15.6 Å². The monoisotopic (exact) mass is 477 g/mol. The first-order valence-corrected chi connectivity index (χ1v) is 11.4. The van der Waals surface area contributed by atoms with E-state index in [1.165, 1.54) is 0 Å². The van der Waals surface area contributed by atoms with E-state index in [0.29, 0.717) is 0 Å².